The Labute approximate surface area is 175 Å². The molecule has 0 aromatic heterocycles. The second kappa shape index (κ2) is 8.48. The number of halogens is 3. The Kier molecular flexibility index (Phi) is 6.05. The highest BCUT2D eigenvalue weighted by Crippen LogP contribution is 2.26. The molecule has 1 fully saturated rings. The maximum atomic E-state index is 12.6. The van der Waals surface area contributed by atoms with E-state index in [1.807, 2.05) is 6.07 Å². The molecule has 0 atom stereocenters. The zero-order valence-corrected chi connectivity index (χ0v) is 16.5. The van der Waals surface area contributed by atoms with Crippen molar-refractivity contribution in [2.24, 2.45) is 4.99 Å². The number of carbonyl (C=O) groups is 2. The molecule has 4 amide bonds. The van der Waals surface area contributed by atoms with Crippen molar-refractivity contribution in [3.63, 3.8) is 0 Å². The minimum Gasteiger partial charge on any atom is -0.306 e. The first-order chi connectivity index (χ1) is 13.4. The molecule has 0 spiro atoms. The maximum Gasteiger partial charge on any atom is 0.347 e. The highest BCUT2D eigenvalue weighted by molar-refractivity contribution is 6.42. The highest BCUT2D eigenvalue weighted by atomic mass is 35.5. The first-order valence-electron chi connectivity index (χ1n) is 7.94. The van der Waals surface area contributed by atoms with Crippen LogP contribution >= 0.6 is 34.8 Å². The van der Waals surface area contributed by atoms with Crippen molar-refractivity contribution < 1.29 is 9.59 Å². The van der Waals surface area contributed by atoms with Crippen LogP contribution in [0.15, 0.2) is 47.5 Å². The van der Waals surface area contributed by atoms with E-state index in [2.05, 4.69) is 10.3 Å². The SMILES string of the molecule is N#CCN1C/C(=N\C(=O)Nc2ccc(Cl)c(Cl)c2)N(c2ccc(Cl)cc2)C1=O. The summed E-state index contributed by atoms with van der Waals surface area (Å²) in [4.78, 5) is 31.5. The molecule has 1 aliphatic rings. The van der Waals surface area contributed by atoms with E-state index in [1.165, 1.54) is 15.9 Å². The van der Waals surface area contributed by atoms with Gasteiger partial charge in [0.25, 0.3) is 0 Å². The topological polar surface area (TPSA) is 88.8 Å². The highest BCUT2D eigenvalue weighted by Gasteiger charge is 2.35. The zero-order chi connectivity index (χ0) is 20.3. The second-order valence-corrected chi connectivity index (χ2v) is 6.95. The molecule has 0 radical (unpaired) electrons. The van der Waals surface area contributed by atoms with Crippen LogP contribution in [0.1, 0.15) is 0 Å². The fourth-order valence-electron chi connectivity index (χ4n) is 2.55. The lowest BCUT2D eigenvalue weighted by molar-refractivity contribution is 0.225. The number of hydrogen-bond donors (Lipinski definition) is 1. The van der Waals surface area contributed by atoms with Gasteiger partial charge in [-0.2, -0.15) is 10.3 Å². The Bertz CT molecular complexity index is 1000. The van der Waals surface area contributed by atoms with Gasteiger partial charge < -0.3 is 10.2 Å². The van der Waals surface area contributed by atoms with Crippen molar-refractivity contribution in [3.05, 3.63) is 57.5 Å². The molecule has 0 saturated carbocycles. The third-order valence-electron chi connectivity index (χ3n) is 3.80. The van der Waals surface area contributed by atoms with E-state index in [4.69, 9.17) is 40.1 Å². The monoisotopic (exact) mass is 435 g/mol. The molecule has 10 heteroatoms. The first-order valence-corrected chi connectivity index (χ1v) is 9.07. The minimum atomic E-state index is -0.695. The molecule has 3 rings (SSSR count). The normalized spacial score (nSPS) is 15.1. The molecule has 1 saturated heterocycles. The third-order valence-corrected chi connectivity index (χ3v) is 4.79. The Morgan fingerprint density at radius 1 is 1.14 bits per heavy atom. The Morgan fingerprint density at radius 2 is 1.86 bits per heavy atom. The van der Waals surface area contributed by atoms with Gasteiger partial charge in [-0.3, -0.25) is 0 Å². The van der Waals surface area contributed by atoms with Gasteiger partial charge in [-0.15, -0.1) is 0 Å². The number of amidine groups is 1. The van der Waals surface area contributed by atoms with Crippen LogP contribution in [0, 0.1) is 11.3 Å². The fraction of sp³-hybridized carbons (Fsp3) is 0.111. The Morgan fingerprint density at radius 3 is 2.50 bits per heavy atom. The lowest BCUT2D eigenvalue weighted by Gasteiger charge is -2.16. The molecule has 0 bridgehead atoms. The summed E-state index contributed by atoms with van der Waals surface area (Å²) < 4.78 is 0. The van der Waals surface area contributed by atoms with Crippen molar-refractivity contribution in [1.82, 2.24) is 4.90 Å². The van der Waals surface area contributed by atoms with Gasteiger partial charge in [0.1, 0.15) is 12.4 Å². The van der Waals surface area contributed by atoms with Crippen molar-refractivity contribution >= 4 is 64.1 Å². The number of benzene rings is 2. The Balaban J connectivity index is 1.88. The lowest BCUT2D eigenvalue weighted by atomic mass is 10.3. The van der Waals surface area contributed by atoms with Crippen LogP contribution in [0.2, 0.25) is 15.1 Å². The maximum absolute atomic E-state index is 12.6. The molecule has 1 aliphatic heterocycles. The summed E-state index contributed by atoms with van der Waals surface area (Å²) in [5.74, 6) is 0.181. The van der Waals surface area contributed by atoms with Crippen LogP contribution in [-0.4, -0.2) is 35.9 Å². The van der Waals surface area contributed by atoms with Crippen LogP contribution in [0.3, 0.4) is 0 Å². The molecule has 0 unspecified atom stereocenters. The van der Waals surface area contributed by atoms with Crippen LogP contribution < -0.4 is 10.2 Å². The van der Waals surface area contributed by atoms with Crippen LogP contribution in [0.5, 0.6) is 0 Å². The van der Waals surface area contributed by atoms with Gasteiger partial charge >= 0.3 is 12.1 Å². The summed E-state index contributed by atoms with van der Waals surface area (Å²) >= 11 is 17.7. The van der Waals surface area contributed by atoms with E-state index in [-0.39, 0.29) is 23.9 Å². The zero-order valence-electron chi connectivity index (χ0n) is 14.2. The number of nitriles is 1. The van der Waals surface area contributed by atoms with Crippen LogP contribution in [-0.2, 0) is 0 Å². The summed E-state index contributed by atoms with van der Waals surface area (Å²) in [5, 5.41) is 12.6. The van der Waals surface area contributed by atoms with Crippen molar-refractivity contribution in [2.75, 3.05) is 23.3 Å². The van der Waals surface area contributed by atoms with Gasteiger partial charge in [-0.25, -0.2) is 14.5 Å². The number of anilines is 2. The predicted molar refractivity (Wildman–Crippen MR) is 109 cm³/mol. The molecule has 142 valence electrons. The summed E-state index contributed by atoms with van der Waals surface area (Å²) in [6.07, 6.45) is 0. The molecule has 7 nitrogen and oxygen atoms in total. The smallest absolute Gasteiger partial charge is 0.306 e. The van der Waals surface area contributed by atoms with Gasteiger partial charge in [0.15, 0.2) is 0 Å². The number of nitrogens with one attached hydrogen (secondary N) is 1. The van der Waals surface area contributed by atoms with Crippen molar-refractivity contribution in [3.8, 4) is 6.07 Å². The molecular weight excluding hydrogens is 425 g/mol. The molecular formula is C18H12Cl3N5O2. The predicted octanol–water partition coefficient (Wildman–Crippen LogP) is 5.04. The summed E-state index contributed by atoms with van der Waals surface area (Å²) in [6, 6.07) is 11.9. The average Bonchev–Trinajstić information content (AvgIpc) is 2.94. The number of rotatable bonds is 3. The average molecular weight is 437 g/mol. The standard InChI is InChI=1S/C18H12Cl3N5O2/c19-11-1-4-13(5-2-11)26-16(10-25(8-7-22)18(26)28)24-17(27)23-12-3-6-14(20)15(21)9-12/h1-6,9H,8,10H2,(H,23,27)/b24-16+. The van der Waals surface area contributed by atoms with Crippen LogP contribution in [0.4, 0.5) is 21.0 Å². The van der Waals surface area contributed by atoms with E-state index < -0.39 is 12.1 Å². The molecule has 1 heterocycles. The lowest BCUT2D eigenvalue weighted by Crippen LogP contribution is -2.33. The van der Waals surface area contributed by atoms with Gasteiger partial charge in [0.05, 0.1) is 28.3 Å². The summed E-state index contributed by atoms with van der Waals surface area (Å²) in [5.41, 5.74) is 0.885. The van der Waals surface area contributed by atoms with E-state index in [9.17, 15) is 9.59 Å². The van der Waals surface area contributed by atoms with E-state index in [1.54, 1.807) is 36.4 Å². The van der Waals surface area contributed by atoms with Crippen LogP contribution in [0.25, 0.3) is 0 Å². The number of hydrogen-bond acceptors (Lipinski definition) is 3. The molecule has 28 heavy (non-hydrogen) atoms. The largest absolute Gasteiger partial charge is 0.347 e. The Hall–Kier alpha value is -2.79. The van der Waals surface area contributed by atoms with Gasteiger partial charge in [-0.05, 0) is 42.5 Å². The van der Waals surface area contributed by atoms with E-state index in [0.29, 0.717) is 21.4 Å². The van der Waals surface area contributed by atoms with Crippen molar-refractivity contribution in [2.45, 2.75) is 0 Å². The number of aliphatic imine (C=N–C) groups is 1. The van der Waals surface area contributed by atoms with Crippen molar-refractivity contribution in [1.29, 1.82) is 5.26 Å². The minimum absolute atomic E-state index is 0.0177. The van der Waals surface area contributed by atoms with E-state index in [0.717, 1.165) is 0 Å². The number of carbonyl (C=O) groups excluding carboxylic acids is 2. The van der Waals surface area contributed by atoms with Gasteiger partial charge in [0.2, 0.25) is 0 Å². The molecule has 2 aromatic carbocycles. The number of urea groups is 2. The third kappa shape index (κ3) is 4.37. The number of amides is 4. The van der Waals surface area contributed by atoms with Gasteiger partial charge in [0, 0.05) is 10.7 Å². The summed E-state index contributed by atoms with van der Waals surface area (Å²) in [6.45, 7) is -0.111. The molecule has 2 aromatic rings. The van der Waals surface area contributed by atoms with Gasteiger partial charge in [-0.1, -0.05) is 34.8 Å². The summed E-state index contributed by atoms with van der Waals surface area (Å²) in [7, 11) is 0. The molecule has 1 N–H and O–H groups in total. The number of nitrogens with zero attached hydrogens (tertiary/aromatic N) is 4. The molecule has 0 aliphatic carbocycles. The van der Waals surface area contributed by atoms with E-state index >= 15 is 0 Å². The second-order valence-electron chi connectivity index (χ2n) is 5.70. The first kappa shape index (κ1) is 20.0. The fourth-order valence-corrected chi connectivity index (χ4v) is 2.97. The quantitative estimate of drug-likeness (QED) is 0.683.